The van der Waals surface area contributed by atoms with Crippen LogP contribution in [0.1, 0.15) is 51.4 Å². The molecule has 0 bridgehead atoms. The Morgan fingerprint density at radius 2 is 1.71 bits per heavy atom. The Hall–Kier alpha value is -1.48. The number of aliphatic hydroxyl groups excluding tert-OH is 1. The summed E-state index contributed by atoms with van der Waals surface area (Å²) in [6, 6.07) is 14.4. The van der Waals surface area contributed by atoms with Crippen LogP contribution in [0.15, 0.2) is 54.6 Å². The minimum absolute atomic E-state index is 0.176. The third kappa shape index (κ3) is 4.56. The number of aliphatic hydroxyl groups is 1. The van der Waals surface area contributed by atoms with Crippen molar-refractivity contribution in [2.45, 2.75) is 52.0 Å². The summed E-state index contributed by atoms with van der Waals surface area (Å²) in [5, 5.41) is 11.6. The summed E-state index contributed by atoms with van der Waals surface area (Å²) in [6.45, 7) is 6.53. The number of hydrogen-bond donors (Lipinski definition) is 1. The zero-order chi connectivity index (χ0) is 20.3. The number of hydrogen-bond acceptors (Lipinski definition) is 3. The van der Waals surface area contributed by atoms with Gasteiger partial charge in [0.05, 0.1) is 6.10 Å². The zero-order valence-corrected chi connectivity index (χ0v) is 17.7. The molecule has 3 nitrogen and oxygen atoms in total. The van der Waals surface area contributed by atoms with E-state index in [0.29, 0.717) is 28.6 Å². The average Bonchev–Trinajstić information content (AvgIpc) is 2.68. The summed E-state index contributed by atoms with van der Waals surface area (Å²) < 4.78 is 33.9. The molecule has 0 aliphatic heterocycles. The standard InChI is InChI=1S/C23H30FO3P/c1-16(2)21-14-9-17(3)15-22(21)27-28(26,20-7-5-4-6-8-20)23(25)18-10-12-19(24)13-11-18/h4-8,10-13,16-17,21-23,25H,9,14-15H2,1-3H3/t17-,21+,22-,23+,28-/m0/s1. The molecule has 2 aromatic rings. The molecule has 0 unspecified atom stereocenters. The third-order valence-corrected chi connectivity index (χ3v) is 8.40. The topological polar surface area (TPSA) is 46.5 Å². The predicted molar refractivity (Wildman–Crippen MR) is 111 cm³/mol. The van der Waals surface area contributed by atoms with Crippen molar-refractivity contribution >= 4 is 12.7 Å². The second-order valence-corrected chi connectivity index (χ2v) is 10.7. The molecule has 2 aromatic carbocycles. The molecule has 1 aliphatic rings. The first-order chi connectivity index (χ1) is 13.3. The van der Waals surface area contributed by atoms with Crippen LogP contribution in [-0.2, 0) is 9.09 Å². The van der Waals surface area contributed by atoms with Crippen molar-refractivity contribution in [3.63, 3.8) is 0 Å². The van der Waals surface area contributed by atoms with Gasteiger partial charge in [0.2, 0.25) is 0 Å². The lowest BCUT2D eigenvalue weighted by Crippen LogP contribution is -2.35. The minimum atomic E-state index is -3.64. The van der Waals surface area contributed by atoms with E-state index in [1.807, 2.05) is 6.07 Å². The summed E-state index contributed by atoms with van der Waals surface area (Å²) in [6.07, 6.45) is 2.82. The summed E-state index contributed by atoms with van der Waals surface area (Å²) in [5.41, 5.74) is 0.401. The molecule has 0 saturated heterocycles. The number of benzene rings is 2. The summed E-state index contributed by atoms with van der Waals surface area (Å²) >= 11 is 0. The molecule has 0 radical (unpaired) electrons. The molecule has 0 spiro atoms. The van der Waals surface area contributed by atoms with E-state index >= 15 is 0 Å². The van der Waals surface area contributed by atoms with Crippen LogP contribution in [0.25, 0.3) is 0 Å². The highest BCUT2D eigenvalue weighted by Crippen LogP contribution is 2.60. The average molecular weight is 404 g/mol. The Bertz CT molecular complexity index is 806. The van der Waals surface area contributed by atoms with Crippen LogP contribution in [0.5, 0.6) is 0 Å². The van der Waals surface area contributed by atoms with Gasteiger partial charge in [0.15, 0.2) is 5.85 Å². The molecule has 5 atom stereocenters. The SMILES string of the molecule is CC(C)[C@H]1CC[C@H](C)C[C@@H]1O[P@@](=O)(c1ccccc1)[C@@H](O)c1ccc(F)cc1. The van der Waals surface area contributed by atoms with Crippen molar-refractivity contribution in [3.05, 3.63) is 66.0 Å². The molecule has 3 rings (SSSR count). The maximum atomic E-state index is 14.2. The van der Waals surface area contributed by atoms with Gasteiger partial charge in [-0.05, 0) is 60.4 Å². The fourth-order valence-corrected chi connectivity index (χ4v) is 6.48. The molecule has 28 heavy (non-hydrogen) atoms. The lowest BCUT2D eigenvalue weighted by atomic mass is 9.75. The highest BCUT2D eigenvalue weighted by molar-refractivity contribution is 7.67. The Balaban J connectivity index is 1.99. The summed E-state index contributed by atoms with van der Waals surface area (Å²) in [4.78, 5) is 0. The van der Waals surface area contributed by atoms with Crippen molar-refractivity contribution in [3.8, 4) is 0 Å². The Labute approximate surface area is 167 Å². The van der Waals surface area contributed by atoms with E-state index in [1.165, 1.54) is 24.3 Å². The highest BCUT2D eigenvalue weighted by atomic mass is 31.2. The van der Waals surface area contributed by atoms with Gasteiger partial charge in [-0.25, -0.2) is 4.39 Å². The minimum Gasteiger partial charge on any atom is -0.378 e. The molecule has 1 saturated carbocycles. The van der Waals surface area contributed by atoms with Crippen molar-refractivity contribution in [2.75, 3.05) is 0 Å². The molecule has 0 amide bonds. The maximum Gasteiger partial charge on any atom is 0.264 e. The molecule has 0 heterocycles. The van der Waals surface area contributed by atoms with Crippen LogP contribution in [-0.4, -0.2) is 11.2 Å². The second kappa shape index (κ2) is 8.90. The highest BCUT2D eigenvalue weighted by Gasteiger charge is 2.42. The maximum absolute atomic E-state index is 14.2. The van der Waals surface area contributed by atoms with Gasteiger partial charge >= 0.3 is 0 Å². The molecule has 0 aromatic heterocycles. The molecule has 1 fully saturated rings. The van der Waals surface area contributed by atoms with Crippen LogP contribution in [0.3, 0.4) is 0 Å². The summed E-state index contributed by atoms with van der Waals surface area (Å²) in [5.74, 6) is -0.529. The van der Waals surface area contributed by atoms with E-state index < -0.39 is 19.0 Å². The first-order valence-corrected chi connectivity index (χ1v) is 11.8. The van der Waals surface area contributed by atoms with Crippen LogP contribution in [0.2, 0.25) is 0 Å². The zero-order valence-electron chi connectivity index (χ0n) is 16.8. The lowest BCUT2D eigenvalue weighted by molar-refractivity contribution is 0.0427. The van der Waals surface area contributed by atoms with Crippen molar-refractivity contribution in [2.24, 2.45) is 17.8 Å². The van der Waals surface area contributed by atoms with Crippen molar-refractivity contribution in [1.82, 2.24) is 0 Å². The molecular formula is C23H30FO3P. The smallest absolute Gasteiger partial charge is 0.264 e. The Morgan fingerprint density at radius 1 is 1.07 bits per heavy atom. The monoisotopic (exact) mass is 404 g/mol. The van der Waals surface area contributed by atoms with Gasteiger partial charge in [0.25, 0.3) is 7.37 Å². The van der Waals surface area contributed by atoms with E-state index in [2.05, 4.69) is 20.8 Å². The van der Waals surface area contributed by atoms with Crippen molar-refractivity contribution < 1.29 is 18.6 Å². The van der Waals surface area contributed by atoms with Crippen LogP contribution in [0.4, 0.5) is 4.39 Å². The fraction of sp³-hybridized carbons (Fsp3) is 0.478. The van der Waals surface area contributed by atoms with E-state index in [0.717, 1.165) is 19.3 Å². The van der Waals surface area contributed by atoms with E-state index in [4.69, 9.17) is 4.52 Å². The van der Waals surface area contributed by atoms with Crippen LogP contribution >= 0.6 is 7.37 Å². The Morgan fingerprint density at radius 3 is 2.32 bits per heavy atom. The molecule has 1 aliphatic carbocycles. The van der Waals surface area contributed by atoms with Crippen molar-refractivity contribution in [1.29, 1.82) is 0 Å². The first-order valence-electron chi connectivity index (χ1n) is 10.1. The van der Waals surface area contributed by atoms with E-state index in [9.17, 15) is 14.1 Å². The predicted octanol–water partition coefficient (Wildman–Crippen LogP) is 5.90. The molecule has 152 valence electrons. The quantitative estimate of drug-likeness (QED) is 0.610. The molecule has 1 N–H and O–H groups in total. The second-order valence-electron chi connectivity index (χ2n) is 8.33. The van der Waals surface area contributed by atoms with Gasteiger partial charge in [-0.15, -0.1) is 0 Å². The number of halogens is 1. The fourth-order valence-electron chi connectivity index (χ4n) is 4.16. The van der Waals surface area contributed by atoms with E-state index in [-0.39, 0.29) is 6.10 Å². The normalized spacial score (nSPS) is 26.0. The first kappa shape index (κ1) is 21.2. The lowest BCUT2D eigenvalue weighted by Gasteiger charge is -2.39. The molecular weight excluding hydrogens is 374 g/mol. The summed E-state index contributed by atoms with van der Waals surface area (Å²) in [7, 11) is -3.64. The Kier molecular flexibility index (Phi) is 6.75. The van der Waals surface area contributed by atoms with Gasteiger partial charge in [-0.2, -0.15) is 0 Å². The van der Waals surface area contributed by atoms with Crippen LogP contribution in [0, 0.1) is 23.6 Å². The van der Waals surface area contributed by atoms with Gasteiger partial charge in [0.1, 0.15) is 5.82 Å². The van der Waals surface area contributed by atoms with Crippen LogP contribution < -0.4 is 5.30 Å². The number of rotatable bonds is 6. The van der Waals surface area contributed by atoms with Gasteiger partial charge in [0, 0.05) is 5.30 Å². The third-order valence-electron chi connectivity index (χ3n) is 5.86. The largest absolute Gasteiger partial charge is 0.378 e. The van der Waals surface area contributed by atoms with E-state index in [1.54, 1.807) is 24.3 Å². The van der Waals surface area contributed by atoms with Gasteiger partial charge in [-0.3, -0.25) is 4.57 Å². The van der Waals surface area contributed by atoms with Gasteiger partial charge < -0.3 is 9.63 Å². The molecule has 5 heteroatoms. The van der Waals surface area contributed by atoms with Gasteiger partial charge in [-0.1, -0.05) is 57.5 Å².